The standard InChI is InChI=1S/C21H25N3O4S/c1-14-9-10-19(24-11-5-8-21(24)26)13-20(14)29(27,28)23-18-7-4-6-17(12-18)15(2)22-16(3)25/h4,6-7,9-10,12-13,15,23H,5,8,11H2,1-3H3,(H,22,25). The van der Waals surface area contributed by atoms with Crippen molar-refractivity contribution in [2.24, 2.45) is 0 Å². The molecule has 3 rings (SSSR count). The van der Waals surface area contributed by atoms with Crippen LogP contribution in [-0.2, 0) is 19.6 Å². The predicted molar refractivity (Wildman–Crippen MR) is 112 cm³/mol. The fourth-order valence-electron chi connectivity index (χ4n) is 3.44. The molecule has 29 heavy (non-hydrogen) atoms. The molecule has 2 amide bonds. The van der Waals surface area contributed by atoms with E-state index in [1.807, 2.05) is 13.0 Å². The highest BCUT2D eigenvalue weighted by molar-refractivity contribution is 7.92. The Balaban J connectivity index is 1.88. The zero-order valence-corrected chi connectivity index (χ0v) is 17.5. The number of amides is 2. The summed E-state index contributed by atoms with van der Waals surface area (Å²) in [6.45, 7) is 5.58. The van der Waals surface area contributed by atoms with E-state index in [1.165, 1.54) is 6.92 Å². The normalized spacial score (nSPS) is 15.3. The van der Waals surface area contributed by atoms with E-state index >= 15 is 0 Å². The first-order valence-corrected chi connectivity index (χ1v) is 11.0. The average molecular weight is 416 g/mol. The van der Waals surface area contributed by atoms with Gasteiger partial charge in [0.05, 0.1) is 10.9 Å². The number of sulfonamides is 1. The number of aryl methyl sites for hydroxylation is 1. The molecule has 2 N–H and O–H groups in total. The summed E-state index contributed by atoms with van der Waals surface area (Å²) < 4.78 is 28.7. The fourth-order valence-corrected chi connectivity index (χ4v) is 4.75. The van der Waals surface area contributed by atoms with E-state index < -0.39 is 10.0 Å². The number of carbonyl (C=O) groups is 2. The number of anilines is 2. The van der Waals surface area contributed by atoms with Crippen LogP contribution in [0.4, 0.5) is 11.4 Å². The number of nitrogens with zero attached hydrogens (tertiary/aromatic N) is 1. The molecule has 1 unspecified atom stereocenters. The highest BCUT2D eigenvalue weighted by atomic mass is 32.2. The minimum absolute atomic E-state index is 0.00446. The minimum atomic E-state index is -3.85. The van der Waals surface area contributed by atoms with Crippen molar-refractivity contribution in [3.05, 3.63) is 53.6 Å². The van der Waals surface area contributed by atoms with Crippen molar-refractivity contribution in [2.45, 2.75) is 44.6 Å². The second-order valence-corrected chi connectivity index (χ2v) is 8.90. The maximum atomic E-state index is 13.0. The van der Waals surface area contributed by atoms with Gasteiger partial charge in [-0.1, -0.05) is 18.2 Å². The summed E-state index contributed by atoms with van der Waals surface area (Å²) in [5.74, 6) is -0.155. The molecule has 1 heterocycles. The van der Waals surface area contributed by atoms with Crippen molar-refractivity contribution in [3.8, 4) is 0 Å². The van der Waals surface area contributed by atoms with Gasteiger partial charge in [0.25, 0.3) is 10.0 Å². The third kappa shape index (κ3) is 4.76. The van der Waals surface area contributed by atoms with Gasteiger partial charge in [0.2, 0.25) is 11.8 Å². The molecule has 0 aliphatic carbocycles. The molecule has 7 nitrogen and oxygen atoms in total. The third-order valence-corrected chi connectivity index (χ3v) is 6.43. The zero-order chi connectivity index (χ0) is 21.2. The lowest BCUT2D eigenvalue weighted by molar-refractivity contribution is -0.119. The minimum Gasteiger partial charge on any atom is -0.350 e. The maximum Gasteiger partial charge on any atom is 0.262 e. The molecule has 154 valence electrons. The predicted octanol–water partition coefficient (Wildman–Crippen LogP) is 3.12. The molecular formula is C21H25N3O4S. The van der Waals surface area contributed by atoms with Crippen molar-refractivity contribution < 1.29 is 18.0 Å². The molecule has 2 aromatic carbocycles. The lowest BCUT2D eigenvalue weighted by atomic mass is 10.1. The Morgan fingerprint density at radius 3 is 2.59 bits per heavy atom. The summed E-state index contributed by atoms with van der Waals surface area (Å²) >= 11 is 0. The summed E-state index contributed by atoms with van der Waals surface area (Å²) in [5, 5.41) is 2.78. The first kappa shape index (κ1) is 20.9. The number of rotatable bonds is 6. The Bertz CT molecular complexity index is 1050. The Morgan fingerprint density at radius 1 is 1.17 bits per heavy atom. The average Bonchev–Trinajstić information content (AvgIpc) is 3.07. The molecule has 8 heteroatoms. The zero-order valence-electron chi connectivity index (χ0n) is 16.7. The van der Waals surface area contributed by atoms with Crippen LogP contribution in [-0.4, -0.2) is 26.8 Å². The summed E-state index contributed by atoms with van der Waals surface area (Å²) in [7, 11) is -3.85. The van der Waals surface area contributed by atoms with Crippen molar-refractivity contribution in [3.63, 3.8) is 0 Å². The third-order valence-electron chi connectivity index (χ3n) is 4.90. The van der Waals surface area contributed by atoms with Crippen molar-refractivity contribution in [1.29, 1.82) is 0 Å². The van der Waals surface area contributed by atoms with Gasteiger partial charge in [0, 0.05) is 31.3 Å². The van der Waals surface area contributed by atoms with E-state index in [1.54, 1.807) is 48.2 Å². The number of hydrogen-bond donors (Lipinski definition) is 2. The second-order valence-electron chi connectivity index (χ2n) is 7.25. The number of carbonyl (C=O) groups excluding carboxylic acids is 2. The number of hydrogen-bond acceptors (Lipinski definition) is 4. The van der Waals surface area contributed by atoms with Crippen molar-refractivity contribution in [1.82, 2.24) is 5.32 Å². The fraction of sp³-hybridized carbons (Fsp3) is 0.333. The van der Waals surface area contributed by atoms with Gasteiger partial charge in [-0.15, -0.1) is 0 Å². The largest absolute Gasteiger partial charge is 0.350 e. The first-order valence-electron chi connectivity index (χ1n) is 9.48. The van der Waals surface area contributed by atoms with Crippen LogP contribution in [0.2, 0.25) is 0 Å². The van der Waals surface area contributed by atoms with Gasteiger partial charge in [-0.05, 0) is 55.7 Å². The van der Waals surface area contributed by atoms with Gasteiger partial charge in [-0.2, -0.15) is 0 Å². The Hall–Kier alpha value is -2.87. The van der Waals surface area contributed by atoms with E-state index in [-0.39, 0.29) is 22.8 Å². The molecule has 0 radical (unpaired) electrons. The smallest absolute Gasteiger partial charge is 0.262 e. The first-order chi connectivity index (χ1) is 13.7. The summed E-state index contributed by atoms with van der Waals surface area (Å²) in [6, 6.07) is 11.7. The monoisotopic (exact) mass is 415 g/mol. The molecule has 2 aromatic rings. The topological polar surface area (TPSA) is 95.6 Å². The maximum absolute atomic E-state index is 13.0. The van der Waals surface area contributed by atoms with Crippen LogP contribution in [0.1, 0.15) is 43.9 Å². The molecule has 1 saturated heterocycles. The van der Waals surface area contributed by atoms with Gasteiger partial charge < -0.3 is 10.2 Å². The summed E-state index contributed by atoms with van der Waals surface area (Å²) in [6.07, 6.45) is 1.25. The molecule has 1 fully saturated rings. The molecule has 0 spiro atoms. The molecule has 1 aliphatic heterocycles. The van der Waals surface area contributed by atoms with Crippen LogP contribution in [0.5, 0.6) is 0 Å². The molecular weight excluding hydrogens is 390 g/mol. The number of nitrogens with one attached hydrogen (secondary N) is 2. The summed E-state index contributed by atoms with van der Waals surface area (Å²) in [5.41, 5.74) is 2.37. The SMILES string of the molecule is CC(=O)NC(C)c1cccc(NS(=O)(=O)c2cc(N3CCCC3=O)ccc2C)c1. The van der Waals surface area contributed by atoms with Crippen LogP contribution in [0.25, 0.3) is 0 Å². The number of benzene rings is 2. The summed E-state index contributed by atoms with van der Waals surface area (Å²) in [4.78, 5) is 25.1. The van der Waals surface area contributed by atoms with Crippen molar-refractivity contribution in [2.75, 3.05) is 16.2 Å². The molecule has 0 aromatic heterocycles. The van der Waals surface area contributed by atoms with Gasteiger partial charge >= 0.3 is 0 Å². The van der Waals surface area contributed by atoms with Gasteiger partial charge in [0.15, 0.2) is 0 Å². The molecule has 0 saturated carbocycles. The Kier molecular flexibility index (Phi) is 5.93. The van der Waals surface area contributed by atoms with E-state index in [0.717, 1.165) is 12.0 Å². The van der Waals surface area contributed by atoms with E-state index in [2.05, 4.69) is 10.0 Å². The van der Waals surface area contributed by atoms with E-state index in [4.69, 9.17) is 0 Å². The van der Waals surface area contributed by atoms with Gasteiger partial charge in [-0.3, -0.25) is 14.3 Å². The van der Waals surface area contributed by atoms with Crippen LogP contribution in [0.15, 0.2) is 47.4 Å². The second kappa shape index (κ2) is 8.24. The van der Waals surface area contributed by atoms with E-state index in [0.29, 0.717) is 29.9 Å². The van der Waals surface area contributed by atoms with Crippen molar-refractivity contribution >= 4 is 33.2 Å². The lowest BCUT2D eigenvalue weighted by Crippen LogP contribution is -2.24. The highest BCUT2D eigenvalue weighted by Crippen LogP contribution is 2.28. The molecule has 0 bridgehead atoms. The quantitative estimate of drug-likeness (QED) is 0.758. The van der Waals surface area contributed by atoms with Crippen LogP contribution < -0.4 is 14.9 Å². The van der Waals surface area contributed by atoms with Gasteiger partial charge in [-0.25, -0.2) is 8.42 Å². The lowest BCUT2D eigenvalue weighted by Gasteiger charge is -2.19. The van der Waals surface area contributed by atoms with Crippen LogP contribution in [0, 0.1) is 6.92 Å². The molecule has 1 atom stereocenters. The highest BCUT2D eigenvalue weighted by Gasteiger charge is 2.25. The van der Waals surface area contributed by atoms with Crippen LogP contribution in [0.3, 0.4) is 0 Å². The molecule has 1 aliphatic rings. The van der Waals surface area contributed by atoms with Crippen LogP contribution >= 0.6 is 0 Å². The van der Waals surface area contributed by atoms with Gasteiger partial charge in [0.1, 0.15) is 0 Å². The Morgan fingerprint density at radius 2 is 1.93 bits per heavy atom. The Labute approximate surface area is 171 Å². The van der Waals surface area contributed by atoms with E-state index in [9.17, 15) is 18.0 Å².